The molecule has 1 aliphatic rings. The summed E-state index contributed by atoms with van der Waals surface area (Å²) in [5.41, 5.74) is 10.1. The van der Waals surface area contributed by atoms with Crippen molar-refractivity contribution in [1.82, 2.24) is 15.2 Å². The van der Waals surface area contributed by atoms with Gasteiger partial charge < -0.3 is 20.9 Å². The van der Waals surface area contributed by atoms with Gasteiger partial charge in [0.05, 0.1) is 12.6 Å². The molecular weight excluding hydrogens is 407 g/mol. The highest BCUT2D eigenvalue weighted by molar-refractivity contribution is 6.31. The smallest absolute Gasteiger partial charge is 0.240 e. The first-order chi connectivity index (χ1) is 14.0. The Morgan fingerprint density at radius 1 is 1.17 bits per heavy atom. The lowest BCUT2D eigenvalue weighted by Crippen LogP contribution is -2.50. The zero-order valence-corrected chi connectivity index (χ0v) is 17.6. The number of benzene rings is 2. The number of aromatic nitrogens is 1. The Balaban J connectivity index is 1.53. The van der Waals surface area contributed by atoms with E-state index >= 15 is 0 Å². The van der Waals surface area contributed by atoms with Gasteiger partial charge in [-0.2, -0.15) is 0 Å². The molecule has 4 N–H and O–H groups in total. The van der Waals surface area contributed by atoms with Crippen LogP contribution in [0.2, 0.25) is 10.0 Å². The minimum atomic E-state index is -0.319. The van der Waals surface area contributed by atoms with Gasteiger partial charge in [0, 0.05) is 46.3 Å². The van der Waals surface area contributed by atoms with Gasteiger partial charge in [0.15, 0.2) is 0 Å². The van der Waals surface area contributed by atoms with Gasteiger partial charge in [-0.1, -0.05) is 35.3 Å². The van der Waals surface area contributed by atoms with Crippen molar-refractivity contribution >= 4 is 40.0 Å². The number of nitrogens with two attached hydrogens (primary N) is 1. The van der Waals surface area contributed by atoms with Gasteiger partial charge in [0.2, 0.25) is 5.91 Å². The number of nitrogens with one attached hydrogen (secondary N) is 2. The Kier molecular flexibility index (Phi) is 6.11. The summed E-state index contributed by atoms with van der Waals surface area (Å²) in [6, 6.07) is 13.2. The van der Waals surface area contributed by atoms with Crippen LogP contribution < -0.4 is 11.1 Å². The summed E-state index contributed by atoms with van der Waals surface area (Å²) >= 11 is 12.2. The molecular formula is C22H24Cl2N4O. The number of H-pyrrole nitrogens is 1. The quantitative estimate of drug-likeness (QED) is 0.559. The zero-order chi connectivity index (χ0) is 20.4. The van der Waals surface area contributed by atoms with Crippen molar-refractivity contribution in [2.45, 2.75) is 25.4 Å². The van der Waals surface area contributed by atoms with Gasteiger partial charge in [0.1, 0.15) is 0 Å². The predicted molar refractivity (Wildman–Crippen MR) is 118 cm³/mol. The maximum absolute atomic E-state index is 13.3. The minimum Gasteiger partial charge on any atom is -0.357 e. The molecule has 0 radical (unpaired) electrons. The molecule has 0 bridgehead atoms. The Hall–Kier alpha value is -2.05. The highest BCUT2D eigenvalue weighted by Crippen LogP contribution is 2.30. The minimum absolute atomic E-state index is 0.0933. The lowest BCUT2D eigenvalue weighted by atomic mass is 10.0. The van der Waals surface area contributed by atoms with Gasteiger partial charge >= 0.3 is 0 Å². The van der Waals surface area contributed by atoms with Crippen molar-refractivity contribution in [3.05, 3.63) is 69.3 Å². The molecule has 1 unspecified atom stereocenters. The first kappa shape index (κ1) is 20.2. The average molecular weight is 431 g/mol. The summed E-state index contributed by atoms with van der Waals surface area (Å²) in [5.74, 6) is 0.0933. The molecule has 0 saturated heterocycles. The summed E-state index contributed by atoms with van der Waals surface area (Å²) in [4.78, 5) is 18.7. The van der Waals surface area contributed by atoms with Gasteiger partial charge in [-0.15, -0.1) is 0 Å². The molecule has 4 rings (SSSR count). The molecule has 1 amide bonds. The van der Waals surface area contributed by atoms with E-state index in [0.717, 1.165) is 33.6 Å². The molecule has 1 atom stereocenters. The highest BCUT2D eigenvalue weighted by Gasteiger charge is 2.29. The van der Waals surface area contributed by atoms with Crippen LogP contribution in [0.4, 0.5) is 0 Å². The number of nitrogens with zero attached hydrogens (tertiary/aromatic N) is 1. The largest absolute Gasteiger partial charge is 0.357 e. The Morgan fingerprint density at radius 3 is 2.69 bits per heavy atom. The van der Waals surface area contributed by atoms with Gasteiger partial charge in [-0.05, 0) is 54.3 Å². The molecule has 0 fully saturated rings. The fraction of sp³-hybridized carbons (Fsp3) is 0.318. The SMILES string of the molecule is NCCNC(Cc1ccc(Cl)cc1)C(=O)N1CCc2c([nH]c3ccc(Cl)cc23)C1. The maximum atomic E-state index is 13.3. The molecule has 1 aromatic heterocycles. The highest BCUT2D eigenvalue weighted by atomic mass is 35.5. The fourth-order valence-electron chi connectivity index (χ4n) is 3.98. The number of carbonyl (C=O) groups excluding carboxylic acids is 1. The number of amides is 1. The van der Waals surface area contributed by atoms with Crippen LogP contribution in [0.1, 0.15) is 16.8 Å². The van der Waals surface area contributed by atoms with E-state index < -0.39 is 0 Å². The van der Waals surface area contributed by atoms with Gasteiger partial charge in [0.25, 0.3) is 0 Å². The van der Waals surface area contributed by atoms with Crippen molar-refractivity contribution < 1.29 is 4.79 Å². The number of carbonyl (C=O) groups is 1. The van der Waals surface area contributed by atoms with Gasteiger partial charge in [-0.3, -0.25) is 4.79 Å². The summed E-state index contributed by atoms with van der Waals surface area (Å²) in [6.45, 7) is 2.33. The molecule has 5 nitrogen and oxygen atoms in total. The van der Waals surface area contributed by atoms with Crippen molar-refractivity contribution in [3.8, 4) is 0 Å². The third-order valence-electron chi connectivity index (χ3n) is 5.44. The zero-order valence-electron chi connectivity index (χ0n) is 16.1. The molecule has 1 aliphatic heterocycles. The second-order valence-electron chi connectivity index (χ2n) is 7.41. The molecule has 0 aliphatic carbocycles. The molecule has 2 heterocycles. The number of fused-ring (bicyclic) bond motifs is 3. The molecule has 29 heavy (non-hydrogen) atoms. The third kappa shape index (κ3) is 4.43. The van der Waals surface area contributed by atoms with Crippen LogP contribution in [0.3, 0.4) is 0 Å². The summed E-state index contributed by atoms with van der Waals surface area (Å²) in [5, 5.41) is 5.88. The number of halogens is 2. The number of rotatable bonds is 6. The third-order valence-corrected chi connectivity index (χ3v) is 5.92. The van der Waals surface area contributed by atoms with Crippen molar-refractivity contribution in [3.63, 3.8) is 0 Å². The van der Waals surface area contributed by atoms with E-state index in [1.807, 2.05) is 47.4 Å². The van der Waals surface area contributed by atoms with Gasteiger partial charge in [-0.25, -0.2) is 0 Å². The molecule has 3 aromatic rings. The number of hydrogen-bond acceptors (Lipinski definition) is 3. The van der Waals surface area contributed by atoms with Crippen LogP contribution in [0.15, 0.2) is 42.5 Å². The molecule has 7 heteroatoms. The second kappa shape index (κ2) is 8.76. The molecule has 0 saturated carbocycles. The maximum Gasteiger partial charge on any atom is 0.240 e. The monoisotopic (exact) mass is 430 g/mol. The standard InChI is InChI=1S/C22H24Cl2N4O/c23-15-3-1-14(2-4-15)11-20(26-9-8-25)22(29)28-10-7-17-18-12-16(24)5-6-19(18)27-21(17)13-28/h1-6,12,20,26-27H,7-11,13,25H2. The van der Waals surface area contributed by atoms with Crippen LogP contribution >= 0.6 is 23.2 Å². The Bertz CT molecular complexity index is 1020. The van der Waals surface area contributed by atoms with E-state index in [2.05, 4.69) is 10.3 Å². The average Bonchev–Trinajstić information content (AvgIpc) is 3.09. The van der Waals surface area contributed by atoms with E-state index in [0.29, 0.717) is 37.6 Å². The predicted octanol–water partition coefficient (Wildman–Crippen LogP) is 3.52. The second-order valence-corrected chi connectivity index (χ2v) is 8.28. The van der Waals surface area contributed by atoms with Crippen LogP contribution in [-0.4, -0.2) is 41.5 Å². The van der Waals surface area contributed by atoms with Crippen molar-refractivity contribution in [1.29, 1.82) is 0 Å². The lowest BCUT2D eigenvalue weighted by molar-refractivity contribution is -0.134. The summed E-state index contributed by atoms with van der Waals surface area (Å²) in [7, 11) is 0. The lowest BCUT2D eigenvalue weighted by Gasteiger charge is -2.31. The number of aromatic amines is 1. The summed E-state index contributed by atoms with van der Waals surface area (Å²) < 4.78 is 0. The Labute approximate surface area is 180 Å². The van der Waals surface area contributed by atoms with Crippen LogP contribution in [-0.2, 0) is 24.2 Å². The van der Waals surface area contributed by atoms with Crippen LogP contribution in [0.5, 0.6) is 0 Å². The first-order valence-electron chi connectivity index (χ1n) is 9.81. The van der Waals surface area contributed by atoms with E-state index in [9.17, 15) is 4.79 Å². The topological polar surface area (TPSA) is 74.2 Å². The Morgan fingerprint density at radius 2 is 1.93 bits per heavy atom. The van der Waals surface area contributed by atoms with E-state index in [-0.39, 0.29) is 11.9 Å². The first-order valence-corrected chi connectivity index (χ1v) is 10.6. The van der Waals surface area contributed by atoms with Crippen molar-refractivity contribution in [2.24, 2.45) is 5.73 Å². The van der Waals surface area contributed by atoms with E-state index in [1.165, 1.54) is 5.56 Å². The van der Waals surface area contributed by atoms with Crippen LogP contribution in [0.25, 0.3) is 10.9 Å². The van der Waals surface area contributed by atoms with Crippen molar-refractivity contribution in [2.75, 3.05) is 19.6 Å². The molecule has 2 aromatic carbocycles. The fourth-order valence-corrected chi connectivity index (χ4v) is 4.28. The molecule has 0 spiro atoms. The van der Waals surface area contributed by atoms with E-state index in [4.69, 9.17) is 28.9 Å². The molecule has 152 valence electrons. The summed E-state index contributed by atoms with van der Waals surface area (Å²) in [6.07, 6.45) is 1.41. The number of hydrogen-bond donors (Lipinski definition) is 3. The van der Waals surface area contributed by atoms with Crippen LogP contribution in [0, 0.1) is 0 Å². The van der Waals surface area contributed by atoms with E-state index in [1.54, 1.807) is 0 Å². The normalized spacial score (nSPS) is 14.8.